The molecule has 1 aliphatic heterocycles. The number of amides is 1. The SMILES string of the molecule is CC(C)(C)OC(=O)CCC(CO)NC(=O)C1=CC2OC(c3ccccc3)(c3ccccc3)OC2C(OC(=O)c2cccc(C=COCCO)c2)C1. The van der Waals surface area contributed by atoms with E-state index >= 15 is 0 Å². The number of rotatable bonds is 14. The van der Waals surface area contributed by atoms with Crippen molar-refractivity contribution in [2.75, 3.05) is 19.8 Å². The highest BCUT2D eigenvalue weighted by Crippen LogP contribution is 2.47. The highest BCUT2D eigenvalue weighted by molar-refractivity contribution is 5.94. The summed E-state index contributed by atoms with van der Waals surface area (Å²) >= 11 is 0. The van der Waals surface area contributed by atoms with Crippen molar-refractivity contribution in [1.82, 2.24) is 5.32 Å². The van der Waals surface area contributed by atoms with Crippen molar-refractivity contribution in [1.29, 1.82) is 0 Å². The average Bonchev–Trinajstić information content (AvgIpc) is 3.53. The van der Waals surface area contributed by atoms with Crippen molar-refractivity contribution < 1.29 is 48.3 Å². The lowest BCUT2D eigenvalue weighted by Gasteiger charge is -2.31. The van der Waals surface area contributed by atoms with Crippen molar-refractivity contribution >= 4 is 23.9 Å². The van der Waals surface area contributed by atoms with Crippen molar-refractivity contribution in [2.45, 2.75) is 75.8 Å². The van der Waals surface area contributed by atoms with Gasteiger partial charge in [0.15, 0.2) is 0 Å². The third kappa shape index (κ3) is 9.71. The predicted molar refractivity (Wildman–Crippen MR) is 188 cm³/mol. The van der Waals surface area contributed by atoms with Gasteiger partial charge in [-0.2, -0.15) is 0 Å². The zero-order chi connectivity index (χ0) is 36.4. The first-order chi connectivity index (χ1) is 24.5. The molecule has 1 saturated heterocycles. The van der Waals surface area contributed by atoms with Gasteiger partial charge in [-0.1, -0.05) is 72.8 Å². The Balaban J connectivity index is 1.42. The number of nitrogens with one attached hydrogen (secondary N) is 1. The van der Waals surface area contributed by atoms with Gasteiger partial charge in [0.2, 0.25) is 11.7 Å². The Kier molecular flexibility index (Phi) is 12.4. The van der Waals surface area contributed by atoms with Crippen molar-refractivity contribution in [3.63, 3.8) is 0 Å². The molecule has 11 heteroatoms. The summed E-state index contributed by atoms with van der Waals surface area (Å²) in [6.45, 7) is 4.93. The Bertz CT molecular complexity index is 1660. The Morgan fingerprint density at radius 1 is 0.961 bits per heavy atom. The van der Waals surface area contributed by atoms with E-state index in [0.29, 0.717) is 5.56 Å². The largest absolute Gasteiger partial charge is 0.499 e. The summed E-state index contributed by atoms with van der Waals surface area (Å²) in [6.07, 6.45) is 2.41. The molecule has 0 aromatic heterocycles. The first-order valence-corrected chi connectivity index (χ1v) is 17.0. The van der Waals surface area contributed by atoms with E-state index < -0.39 is 60.2 Å². The maximum absolute atomic E-state index is 13.7. The number of benzene rings is 3. The van der Waals surface area contributed by atoms with Gasteiger partial charge in [0.25, 0.3) is 0 Å². The lowest BCUT2D eigenvalue weighted by molar-refractivity contribution is -0.157. The van der Waals surface area contributed by atoms with Crippen LogP contribution in [0.3, 0.4) is 0 Å². The normalized spacial score (nSPS) is 20.2. The fourth-order valence-corrected chi connectivity index (χ4v) is 5.99. The van der Waals surface area contributed by atoms with E-state index in [1.807, 2.05) is 60.7 Å². The van der Waals surface area contributed by atoms with Crippen LogP contribution >= 0.6 is 0 Å². The van der Waals surface area contributed by atoms with Gasteiger partial charge < -0.3 is 39.2 Å². The zero-order valence-corrected chi connectivity index (χ0v) is 29.0. The van der Waals surface area contributed by atoms with Crippen LogP contribution in [0.2, 0.25) is 0 Å². The van der Waals surface area contributed by atoms with Gasteiger partial charge in [0, 0.05) is 29.5 Å². The number of hydrogen-bond acceptors (Lipinski definition) is 10. The van der Waals surface area contributed by atoms with E-state index in [1.54, 1.807) is 57.2 Å². The molecule has 1 amide bonds. The van der Waals surface area contributed by atoms with E-state index in [1.165, 1.54) is 6.26 Å². The van der Waals surface area contributed by atoms with Crippen molar-refractivity contribution in [2.24, 2.45) is 0 Å². The summed E-state index contributed by atoms with van der Waals surface area (Å²) in [5.41, 5.74) is 2.02. The van der Waals surface area contributed by atoms with Crippen molar-refractivity contribution in [3.8, 4) is 0 Å². The smallest absolute Gasteiger partial charge is 0.338 e. The molecule has 4 atom stereocenters. The molecule has 0 radical (unpaired) electrons. The highest BCUT2D eigenvalue weighted by atomic mass is 16.8. The molecule has 2 aliphatic rings. The molecule has 11 nitrogen and oxygen atoms in total. The fraction of sp³-hybridized carbons (Fsp3) is 0.375. The molecule has 3 N–H and O–H groups in total. The van der Waals surface area contributed by atoms with Gasteiger partial charge in [-0.05, 0) is 57.0 Å². The second-order valence-corrected chi connectivity index (χ2v) is 13.4. The van der Waals surface area contributed by atoms with E-state index in [0.717, 1.165) is 11.1 Å². The van der Waals surface area contributed by atoms with Gasteiger partial charge in [0.05, 0.1) is 31.1 Å². The number of esters is 2. The summed E-state index contributed by atoms with van der Waals surface area (Å²) in [4.78, 5) is 39.7. The summed E-state index contributed by atoms with van der Waals surface area (Å²) in [5.74, 6) is -2.93. The third-order valence-electron chi connectivity index (χ3n) is 8.30. The topological polar surface area (TPSA) is 150 Å². The molecule has 0 spiro atoms. The Morgan fingerprint density at radius 2 is 1.65 bits per heavy atom. The minimum Gasteiger partial charge on any atom is -0.499 e. The number of hydrogen-bond donors (Lipinski definition) is 3. The van der Waals surface area contributed by atoms with Crippen molar-refractivity contribution in [3.05, 3.63) is 125 Å². The van der Waals surface area contributed by atoms with Gasteiger partial charge in [-0.3, -0.25) is 9.59 Å². The van der Waals surface area contributed by atoms with Gasteiger partial charge in [-0.15, -0.1) is 0 Å². The lowest BCUT2D eigenvalue weighted by atomic mass is 9.91. The lowest BCUT2D eigenvalue weighted by Crippen LogP contribution is -2.45. The molecule has 3 aromatic rings. The molecular formula is C40H45NO10. The zero-order valence-electron chi connectivity index (χ0n) is 29.0. The number of carbonyl (C=O) groups is 3. The Morgan fingerprint density at radius 3 is 2.27 bits per heavy atom. The minimum atomic E-state index is -1.37. The molecule has 0 bridgehead atoms. The molecule has 0 saturated carbocycles. The van der Waals surface area contributed by atoms with Crippen LogP contribution < -0.4 is 5.32 Å². The maximum Gasteiger partial charge on any atom is 0.338 e. The third-order valence-corrected chi connectivity index (χ3v) is 8.30. The molecular weight excluding hydrogens is 654 g/mol. The van der Waals surface area contributed by atoms with Crippen LogP contribution in [0.1, 0.15) is 67.1 Å². The highest BCUT2D eigenvalue weighted by Gasteiger charge is 2.55. The number of fused-ring (bicyclic) bond motifs is 1. The minimum absolute atomic E-state index is 0.000562. The molecule has 1 fully saturated rings. The average molecular weight is 700 g/mol. The van der Waals surface area contributed by atoms with Crippen LogP contribution in [0, 0.1) is 0 Å². The molecule has 270 valence electrons. The van der Waals surface area contributed by atoms with E-state index in [2.05, 4.69) is 5.32 Å². The van der Waals surface area contributed by atoms with Crippen LogP contribution in [-0.2, 0) is 39.1 Å². The number of ether oxygens (including phenoxy) is 5. The summed E-state index contributed by atoms with van der Waals surface area (Å²) in [6, 6.07) is 24.9. The van der Waals surface area contributed by atoms with Crippen LogP contribution in [0.4, 0.5) is 0 Å². The number of aliphatic hydroxyl groups excluding tert-OH is 2. The van der Waals surface area contributed by atoms with E-state index in [9.17, 15) is 19.5 Å². The number of carbonyl (C=O) groups excluding carboxylic acids is 3. The van der Waals surface area contributed by atoms with Gasteiger partial charge in [-0.25, -0.2) is 4.79 Å². The Labute approximate surface area is 297 Å². The maximum atomic E-state index is 13.7. The summed E-state index contributed by atoms with van der Waals surface area (Å²) < 4.78 is 30.2. The van der Waals surface area contributed by atoms with Crippen LogP contribution in [-0.4, -0.2) is 77.8 Å². The van der Waals surface area contributed by atoms with Crippen LogP contribution in [0.25, 0.3) is 6.08 Å². The molecule has 3 aromatic carbocycles. The fourth-order valence-electron chi connectivity index (χ4n) is 5.99. The van der Waals surface area contributed by atoms with Gasteiger partial charge >= 0.3 is 11.9 Å². The molecule has 1 heterocycles. The van der Waals surface area contributed by atoms with Crippen LogP contribution in [0.15, 0.2) is 103 Å². The molecule has 4 unspecified atom stereocenters. The predicted octanol–water partition coefficient (Wildman–Crippen LogP) is 4.81. The standard InChI is InChI=1S/C40H45NO10/c1-39(2,3)50-35(44)18-17-32(26-43)41-37(45)29-24-33(48-38(46)28-12-10-11-27(23-28)19-21-47-22-20-42)36-34(25-29)49-40(51-36,30-13-6-4-7-14-30)31-15-8-5-9-16-31/h4-16,19,21,23,25,32-34,36,42-43H,17-18,20,22,24,26H2,1-3H3,(H,41,45). The van der Waals surface area contributed by atoms with E-state index in [4.69, 9.17) is 28.8 Å². The first kappa shape index (κ1) is 37.4. The second-order valence-electron chi connectivity index (χ2n) is 13.4. The second kappa shape index (κ2) is 16.9. The molecule has 5 rings (SSSR count). The van der Waals surface area contributed by atoms with E-state index in [-0.39, 0.29) is 43.6 Å². The first-order valence-electron chi connectivity index (χ1n) is 17.0. The summed E-state index contributed by atoms with van der Waals surface area (Å²) in [5, 5.41) is 21.8. The van der Waals surface area contributed by atoms with Crippen LogP contribution in [0.5, 0.6) is 0 Å². The van der Waals surface area contributed by atoms with Gasteiger partial charge in [0.1, 0.15) is 30.5 Å². The summed E-state index contributed by atoms with van der Waals surface area (Å²) in [7, 11) is 0. The monoisotopic (exact) mass is 699 g/mol. The molecule has 51 heavy (non-hydrogen) atoms. The quantitative estimate of drug-likeness (QED) is 0.122. The Hall–Kier alpha value is -4.81. The molecule has 1 aliphatic carbocycles. The number of aliphatic hydroxyl groups is 2.